The second-order valence-electron chi connectivity index (χ2n) is 3.90. The van der Waals surface area contributed by atoms with Crippen LogP contribution in [-0.4, -0.2) is 0 Å². The number of thiophene rings is 1. The molecule has 2 aromatic rings. The van der Waals surface area contributed by atoms with Crippen LogP contribution in [0.2, 0.25) is 10.0 Å². The molecule has 0 bridgehead atoms. The van der Waals surface area contributed by atoms with Crippen molar-refractivity contribution >= 4 is 50.5 Å². The fourth-order valence-corrected chi connectivity index (χ4v) is 4.07. The highest BCUT2D eigenvalue weighted by Crippen LogP contribution is 2.38. The van der Waals surface area contributed by atoms with Crippen molar-refractivity contribution in [3.8, 4) is 0 Å². The molecule has 0 nitrogen and oxygen atoms in total. The number of halogens is 3. The van der Waals surface area contributed by atoms with Crippen LogP contribution in [0.4, 0.5) is 0 Å². The van der Waals surface area contributed by atoms with Crippen molar-refractivity contribution < 1.29 is 0 Å². The molecule has 90 valence electrons. The Balaban J connectivity index is 2.14. The molecule has 1 atom stereocenters. The minimum atomic E-state index is 0.259. The van der Waals surface area contributed by atoms with Crippen LogP contribution in [0.15, 0.2) is 29.6 Å². The SMILES string of the molecule is Cc1csc(C(Br)Cc2ccc(Cl)cc2)c1Cl. The maximum atomic E-state index is 6.25. The fourth-order valence-electron chi connectivity index (χ4n) is 1.58. The Morgan fingerprint density at radius 3 is 2.41 bits per heavy atom. The predicted octanol–water partition coefficient (Wildman–Crippen LogP) is 6.04. The van der Waals surface area contributed by atoms with Gasteiger partial charge in [-0.25, -0.2) is 0 Å². The molecule has 1 aromatic heterocycles. The lowest BCUT2D eigenvalue weighted by Crippen LogP contribution is -1.93. The van der Waals surface area contributed by atoms with Crippen molar-refractivity contribution in [1.82, 2.24) is 0 Å². The van der Waals surface area contributed by atoms with E-state index in [2.05, 4.69) is 21.3 Å². The van der Waals surface area contributed by atoms with Crippen molar-refractivity contribution in [3.05, 3.63) is 55.7 Å². The molecule has 0 fully saturated rings. The maximum Gasteiger partial charge on any atom is 0.0585 e. The molecule has 0 saturated carbocycles. The highest BCUT2D eigenvalue weighted by Gasteiger charge is 2.15. The summed E-state index contributed by atoms with van der Waals surface area (Å²) in [4.78, 5) is 1.45. The summed E-state index contributed by atoms with van der Waals surface area (Å²) in [5.74, 6) is 0. The van der Waals surface area contributed by atoms with E-state index in [1.807, 2.05) is 31.2 Å². The number of aryl methyl sites for hydroxylation is 1. The van der Waals surface area contributed by atoms with Crippen molar-refractivity contribution in [3.63, 3.8) is 0 Å². The van der Waals surface area contributed by atoms with E-state index in [9.17, 15) is 0 Å². The lowest BCUT2D eigenvalue weighted by Gasteiger charge is -2.09. The zero-order valence-corrected chi connectivity index (χ0v) is 13.1. The van der Waals surface area contributed by atoms with Crippen LogP contribution in [-0.2, 0) is 6.42 Å². The number of hydrogen-bond acceptors (Lipinski definition) is 1. The molecule has 0 N–H and O–H groups in total. The number of rotatable bonds is 3. The van der Waals surface area contributed by atoms with Gasteiger partial charge in [0.25, 0.3) is 0 Å². The lowest BCUT2D eigenvalue weighted by atomic mass is 10.1. The number of alkyl halides is 1. The summed E-state index contributed by atoms with van der Waals surface area (Å²) < 4.78 is 0. The first kappa shape index (κ1) is 13.4. The quantitative estimate of drug-likeness (QED) is 0.592. The summed E-state index contributed by atoms with van der Waals surface area (Å²) in [7, 11) is 0. The second kappa shape index (κ2) is 5.75. The molecule has 4 heteroatoms. The van der Waals surface area contributed by atoms with Crippen LogP contribution in [0.25, 0.3) is 0 Å². The molecule has 17 heavy (non-hydrogen) atoms. The van der Waals surface area contributed by atoms with Crippen LogP contribution >= 0.6 is 50.5 Å². The molecule has 0 aliphatic carbocycles. The monoisotopic (exact) mass is 348 g/mol. The van der Waals surface area contributed by atoms with E-state index in [0.717, 1.165) is 22.0 Å². The average Bonchev–Trinajstić information content (AvgIpc) is 2.63. The van der Waals surface area contributed by atoms with E-state index in [-0.39, 0.29) is 4.83 Å². The molecule has 2 rings (SSSR count). The smallest absolute Gasteiger partial charge is 0.0585 e. The first-order valence-corrected chi connectivity index (χ1v) is 7.75. The normalized spacial score (nSPS) is 12.7. The number of benzene rings is 1. The molecule has 1 unspecified atom stereocenters. The predicted molar refractivity (Wildman–Crippen MR) is 80.9 cm³/mol. The summed E-state index contributed by atoms with van der Waals surface area (Å²) >= 11 is 17.5. The van der Waals surface area contributed by atoms with Gasteiger partial charge in [-0.3, -0.25) is 0 Å². The third-order valence-electron chi connectivity index (χ3n) is 2.54. The Labute approximate surface area is 124 Å². The molecule has 0 saturated heterocycles. The van der Waals surface area contributed by atoms with E-state index in [1.54, 1.807) is 11.3 Å². The summed E-state index contributed by atoms with van der Waals surface area (Å²) in [6.45, 7) is 2.03. The van der Waals surface area contributed by atoms with Gasteiger partial charge in [-0.1, -0.05) is 51.3 Å². The van der Waals surface area contributed by atoms with Gasteiger partial charge in [-0.05, 0) is 42.0 Å². The molecular weight excluding hydrogens is 339 g/mol. The second-order valence-corrected chi connectivity index (χ2v) is 6.73. The lowest BCUT2D eigenvalue weighted by molar-refractivity contribution is 0.969. The summed E-state index contributed by atoms with van der Waals surface area (Å²) in [5, 5.41) is 3.74. The zero-order chi connectivity index (χ0) is 12.4. The van der Waals surface area contributed by atoms with Crippen LogP contribution in [0.3, 0.4) is 0 Å². The van der Waals surface area contributed by atoms with Crippen molar-refractivity contribution in [2.24, 2.45) is 0 Å². The van der Waals surface area contributed by atoms with Crippen molar-refractivity contribution in [2.75, 3.05) is 0 Å². The van der Waals surface area contributed by atoms with Gasteiger partial charge in [0.2, 0.25) is 0 Å². The summed E-state index contributed by atoms with van der Waals surface area (Å²) in [6.07, 6.45) is 0.914. The van der Waals surface area contributed by atoms with Crippen molar-refractivity contribution in [2.45, 2.75) is 18.2 Å². The van der Waals surface area contributed by atoms with Gasteiger partial charge in [0.05, 0.1) is 9.85 Å². The Morgan fingerprint density at radius 2 is 1.88 bits per heavy atom. The highest BCUT2D eigenvalue weighted by molar-refractivity contribution is 9.09. The standard InChI is InChI=1S/C13H11BrCl2S/c1-8-7-17-13(12(8)16)11(14)6-9-2-4-10(15)5-3-9/h2-5,7,11H,6H2,1H3. The maximum absolute atomic E-state index is 6.25. The Morgan fingerprint density at radius 1 is 1.24 bits per heavy atom. The molecule has 0 spiro atoms. The van der Waals surface area contributed by atoms with Gasteiger partial charge >= 0.3 is 0 Å². The Hall–Kier alpha value is -0.0200. The minimum Gasteiger partial charge on any atom is -0.146 e. The first-order valence-electron chi connectivity index (χ1n) is 5.20. The van der Waals surface area contributed by atoms with E-state index < -0.39 is 0 Å². The van der Waals surface area contributed by atoms with Gasteiger partial charge in [0.1, 0.15) is 0 Å². The first-order chi connectivity index (χ1) is 8.08. The molecule has 0 aliphatic rings. The molecular formula is C13H11BrCl2S. The Bertz CT molecular complexity index is 505. The molecule has 0 aliphatic heterocycles. The van der Waals surface area contributed by atoms with Gasteiger partial charge in [0, 0.05) is 9.90 Å². The van der Waals surface area contributed by atoms with Gasteiger partial charge < -0.3 is 0 Å². The largest absolute Gasteiger partial charge is 0.146 e. The molecule has 1 aromatic carbocycles. The van der Waals surface area contributed by atoms with E-state index in [0.29, 0.717) is 0 Å². The highest BCUT2D eigenvalue weighted by atomic mass is 79.9. The average molecular weight is 350 g/mol. The third-order valence-corrected chi connectivity index (χ3v) is 5.70. The van der Waals surface area contributed by atoms with Crippen LogP contribution in [0, 0.1) is 6.92 Å². The number of hydrogen-bond donors (Lipinski definition) is 0. The summed E-state index contributed by atoms with van der Waals surface area (Å²) in [5.41, 5.74) is 2.39. The zero-order valence-electron chi connectivity index (χ0n) is 9.21. The van der Waals surface area contributed by atoms with Crippen LogP contribution < -0.4 is 0 Å². The van der Waals surface area contributed by atoms with Gasteiger partial charge in [-0.15, -0.1) is 11.3 Å². The van der Waals surface area contributed by atoms with E-state index in [4.69, 9.17) is 23.2 Å². The molecule has 1 heterocycles. The fraction of sp³-hybridized carbons (Fsp3) is 0.231. The van der Waals surface area contributed by atoms with Crippen molar-refractivity contribution in [1.29, 1.82) is 0 Å². The third kappa shape index (κ3) is 3.25. The topological polar surface area (TPSA) is 0 Å². The van der Waals surface area contributed by atoms with Gasteiger partial charge in [0.15, 0.2) is 0 Å². The van der Waals surface area contributed by atoms with Crippen LogP contribution in [0.1, 0.15) is 20.8 Å². The van der Waals surface area contributed by atoms with Gasteiger partial charge in [-0.2, -0.15) is 0 Å². The van der Waals surface area contributed by atoms with E-state index in [1.165, 1.54) is 10.4 Å². The minimum absolute atomic E-state index is 0.259. The van der Waals surface area contributed by atoms with E-state index >= 15 is 0 Å². The molecule has 0 amide bonds. The summed E-state index contributed by atoms with van der Waals surface area (Å²) in [6, 6.07) is 7.92. The Kier molecular flexibility index (Phi) is 4.53. The molecule has 0 radical (unpaired) electrons. The van der Waals surface area contributed by atoms with Crippen LogP contribution in [0.5, 0.6) is 0 Å².